The molecule has 3 atom stereocenters. The number of nitrogens with zero attached hydrogens (tertiary/aromatic N) is 2. The summed E-state index contributed by atoms with van der Waals surface area (Å²) in [4.78, 5) is 7.29. The molecule has 3 nitrogen and oxygen atoms in total. The van der Waals surface area contributed by atoms with E-state index in [1.807, 2.05) is 6.92 Å². The van der Waals surface area contributed by atoms with Crippen molar-refractivity contribution >= 4 is 27.8 Å². The number of fused-ring (bicyclic) bond motifs is 5. The highest BCUT2D eigenvalue weighted by molar-refractivity contribution is 6.08. The van der Waals surface area contributed by atoms with Crippen molar-refractivity contribution in [2.45, 2.75) is 51.6 Å². The number of benzene rings is 2. The second-order valence-corrected chi connectivity index (χ2v) is 8.49. The lowest BCUT2D eigenvalue weighted by atomic mass is 9.70. The Bertz CT molecular complexity index is 1240. The van der Waals surface area contributed by atoms with E-state index in [0.717, 1.165) is 22.4 Å². The van der Waals surface area contributed by atoms with Gasteiger partial charge in [-0.05, 0) is 62.4 Å². The molecule has 0 radical (unpaired) electrons. The van der Waals surface area contributed by atoms with Gasteiger partial charge in [0.2, 0.25) is 5.71 Å². The summed E-state index contributed by atoms with van der Waals surface area (Å²) in [6.45, 7) is 6.61. The summed E-state index contributed by atoms with van der Waals surface area (Å²) in [5.41, 5.74) is 8.31. The van der Waals surface area contributed by atoms with Crippen LogP contribution >= 0.6 is 0 Å². The van der Waals surface area contributed by atoms with Gasteiger partial charge < -0.3 is 9.32 Å². The molecule has 140 valence electrons. The van der Waals surface area contributed by atoms with Crippen LogP contribution in [-0.2, 0) is 0 Å². The molecule has 0 saturated carbocycles. The second-order valence-electron chi connectivity index (χ2n) is 8.49. The molecule has 2 unspecified atom stereocenters. The molecule has 1 saturated heterocycles. The Hall–Kier alpha value is -2.81. The average molecular weight is 368 g/mol. The van der Waals surface area contributed by atoms with Crippen LogP contribution in [0.5, 0.6) is 0 Å². The molecule has 2 aliphatic heterocycles. The number of furan rings is 1. The maximum atomic E-state index is 6.39. The van der Waals surface area contributed by atoms with Gasteiger partial charge in [-0.1, -0.05) is 36.4 Å². The van der Waals surface area contributed by atoms with Gasteiger partial charge in [-0.3, -0.25) is 0 Å². The lowest BCUT2D eigenvalue weighted by Crippen LogP contribution is -2.49. The fraction of sp³-hybridized carbons (Fsp3) is 0.320. The van der Waals surface area contributed by atoms with Crippen molar-refractivity contribution in [1.29, 1.82) is 0 Å². The summed E-state index contributed by atoms with van der Waals surface area (Å²) >= 11 is 0. The molecule has 7 rings (SSSR count). The first-order valence-corrected chi connectivity index (χ1v) is 10.3. The summed E-state index contributed by atoms with van der Waals surface area (Å²) in [5, 5.41) is 2.28. The van der Waals surface area contributed by atoms with Gasteiger partial charge in [0, 0.05) is 28.4 Å². The molecule has 1 aliphatic carbocycles. The average Bonchev–Trinajstić information content (AvgIpc) is 3.06. The molecular weight excluding hydrogens is 344 g/mol. The van der Waals surface area contributed by atoms with Crippen LogP contribution in [0.2, 0.25) is 0 Å². The Kier molecular flexibility index (Phi) is 3.24. The van der Waals surface area contributed by atoms with E-state index in [4.69, 9.17) is 4.42 Å². The maximum absolute atomic E-state index is 6.39. The highest BCUT2D eigenvalue weighted by atomic mass is 16.3. The fourth-order valence-corrected chi connectivity index (χ4v) is 5.65. The Balaban J connectivity index is 1.63. The van der Waals surface area contributed by atoms with Crippen molar-refractivity contribution < 1.29 is 4.42 Å². The molecule has 2 aromatic carbocycles. The van der Waals surface area contributed by atoms with Gasteiger partial charge >= 0.3 is 0 Å². The minimum Gasteiger partial charge on any atom is -0.436 e. The van der Waals surface area contributed by atoms with E-state index in [2.05, 4.69) is 72.3 Å². The normalized spacial score (nSPS) is 23.5. The first-order valence-electron chi connectivity index (χ1n) is 10.3. The van der Waals surface area contributed by atoms with Gasteiger partial charge in [-0.15, -0.1) is 0 Å². The van der Waals surface area contributed by atoms with Crippen molar-refractivity contribution in [3.63, 3.8) is 0 Å². The number of hydrogen-bond donors (Lipinski definition) is 0. The maximum Gasteiger partial charge on any atom is 0.227 e. The molecule has 28 heavy (non-hydrogen) atoms. The first-order chi connectivity index (χ1) is 13.6. The van der Waals surface area contributed by atoms with Crippen LogP contribution in [0.15, 0.2) is 52.9 Å². The molecule has 0 spiro atoms. The van der Waals surface area contributed by atoms with E-state index in [1.54, 1.807) is 5.56 Å². The van der Waals surface area contributed by atoms with Gasteiger partial charge in [0.15, 0.2) is 5.58 Å². The van der Waals surface area contributed by atoms with E-state index in [0.29, 0.717) is 18.0 Å². The Morgan fingerprint density at radius 3 is 2.57 bits per heavy atom. The van der Waals surface area contributed by atoms with Crippen LogP contribution in [-0.4, -0.2) is 11.0 Å². The van der Waals surface area contributed by atoms with Crippen LogP contribution in [0.25, 0.3) is 22.1 Å². The third-order valence-electron chi connectivity index (χ3n) is 6.94. The molecule has 0 N–H and O–H groups in total. The predicted octanol–water partition coefficient (Wildman–Crippen LogP) is 6.43. The number of anilines is 1. The standard InChI is InChI=1S/C25H24N2O/c1-14-8-10-20-21-11-9-15(2)26-25(21)28-24(20)23(14)27-16(3)17-12-13-22(27)19-7-5-4-6-18(17)19/h4-11,16-17,22H,12-13H2,1-3H3/t16-,17?,22?/m0/s1. The van der Waals surface area contributed by atoms with Gasteiger partial charge in [-0.2, -0.15) is 0 Å². The van der Waals surface area contributed by atoms with Gasteiger partial charge in [0.1, 0.15) is 0 Å². The van der Waals surface area contributed by atoms with Crippen molar-refractivity contribution in [1.82, 2.24) is 4.98 Å². The Labute approximate surface area is 165 Å². The Morgan fingerprint density at radius 2 is 1.71 bits per heavy atom. The van der Waals surface area contributed by atoms with Gasteiger partial charge in [0.25, 0.3) is 0 Å². The van der Waals surface area contributed by atoms with Crippen molar-refractivity contribution in [3.05, 3.63) is 70.9 Å². The van der Waals surface area contributed by atoms with Crippen LogP contribution in [0.3, 0.4) is 0 Å². The fourth-order valence-electron chi connectivity index (χ4n) is 5.65. The summed E-state index contributed by atoms with van der Waals surface area (Å²) < 4.78 is 6.39. The smallest absolute Gasteiger partial charge is 0.227 e. The molecular formula is C25H24N2O. The topological polar surface area (TPSA) is 29.3 Å². The number of rotatable bonds is 1. The third kappa shape index (κ3) is 2.02. The van der Waals surface area contributed by atoms with E-state index in [9.17, 15) is 0 Å². The zero-order chi connectivity index (χ0) is 19.0. The lowest BCUT2D eigenvalue weighted by molar-refractivity contribution is 0.324. The molecule has 2 aromatic heterocycles. The Morgan fingerprint density at radius 1 is 0.929 bits per heavy atom. The number of aromatic nitrogens is 1. The van der Waals surface area contributed by atoms with Crippen LogP contribution in [0, 0.1) is 13.8 Å². The molecule has 2 bridgehead atoms. The van der Waals surface area contributed by atoms with Crippen molar-refractivity contribution in [2.24, 2.45) is 0 Å². The van der Waals surface area contributed by atoms with Crippen molar-refractivity contribution in [2.75, 3.05) is 4.90 Å². The lowest BCUT2D eigenvalue weighted by Gasteiger charge is -2.52. The summed E-state index contributed by atoms with van der Waals surface area (Å²) in [5.74, 6) is 0.584. The largest absolute Gasteiger partial charge is 0.436 e. The van der Waals surface area contributed by atoms with Gasteiger partial charge in [0.05, 0.1) is 11.7 Å². The summed E-state index contributed by atoms with van der Waals surface area (Å²) in [6, 6.07) is 18.6. The summed E-state index contributed by atoms with van der Waals surface area (Å²) in [6.07, 6.45) is 2.48. The quantitative estimate of drug-likeness (QED) is 0.388. The van der Waals surface area contributed by atoms with E-state index >= 15 is 0 Å². The number of hydrogen-bond acceptors (Lipinski definition) is 3. The van der Waals surface area contributed by atoms with Crippen molar-refractivity contribution in [3.8, 4) is 0 Å². The van der Waals surface area contributed by atoms with E-state index in [1.165, 1.54) is 35.0 Å². The molecule has 4 heterocycles. The minimum atomic E-state index is 0.420. The van der Waals surface area contributed by atoms with E-state index in [-0.39, 0.29) is 0 Å². The number of aryl methyl sites for hydroxylation is 2. The van der Waals surface area contributed by atoms with E-state index < -0.39 is 0 Å². The van der Waals surface area contributed by atoms with Crippen LogP contribution in [0.4, 0.5) is 5.69 Å². The second kappa shape index (κ2) is 5.60. The molecule has 3 aliphatic rings. The zero-order valence-corrected chi connectivity index (χ0v) is 16.6. The minimum absolute atomic E-state index is 0.420. The van der Waals surface area contributed by atoms with Crippen LogP contribution in [0.1, 0.15) is 54.1 Å². The molecule has 0 amide bonds. The third-order valence-corrected chi connectivity index (χ3v) is 6.94. The highest BCUT2D eigenvalue weighted by Gasteiger charge is 2.44. The number of pyridine rings is 1. The predicted molar refractivity (Wildman–Crippen MR) is 114 cm³/mol. The monoisotopic (exact) mass is 368 g/mol. The summed E-state index contributed by atoms with van der Waals surface area (Å²) in [7, 11) is 0. The zero-order valence-electron chi connectivity index (χ0n) is 16.6. The molecule has 1 fully saturated rings. The molecule has 4 aromatic rings. The SMILES string of the molecule is Cc1ccc2c(n1)oc1c(N3C4CCC(c5ccccc54)[C@@H]3C)c(C)ccc12. The first kappa shape index (κ1) is 16.2. The number of piperidine rings is 1. The van der Waals surface area contributed by atoms with Crippen LogP contribution < -0.4 is 4.90 Å². The highest BCUT2D eigenvalue weighted by Crippen LogP contribution is 2.53. The van der Waals surface area contributed by atoms with Gasteiger partial charge in [-0.25, -0.2) is 4.98 Å². The molecule has 3 heteroatoms.